The van der Waals surface area contributed by atoms with Crippen LogP contribution in [0.25, 0.3) is 0 Å². The number of carbonyl (C=O) groups is 1. The van der Waals surface area contributed by atoms with Gasteiger partial charge in [0.2, 0.25) is 0 Å². The van der Waals surface area contributed by atoms with Crippen molar-refractivity contribution in [1.29, 1.82) is 0 Å². The van der Waals surface area contributed by atoms with Crippen molar-refractivity contribution in [1.82, 2.24) is 0 Å². The number of aliphatic carboxylic acids is 1. The Morgan fingerprint density at radius 2 is 1.48 bits per heavy atom. The Bertz CT molecular complexity index is 534. The third kappa shape index (κ3) is 13.8. The molecule has 3 nitrogen and oxygen atoms in total. The number of hydrogen-bond donors (Lipinski definition) is 2. The Morgan fingerprint density at radius 3 is 2.11 bits per heavy atom. The molecule has 0 spiro atoms. The van der Waals surface area contributed by atoms with Gasteiger partial charge >= 0.3 is 5.97 Å². The SMILES string of the molecule is C=CCCCCCCCCC=CCCCNc1ccc(CCC(=O)O)cc1. The minimum Gasteiger partial charge on any atom is -0.481 e. The van der Waals surface area contributed by atoms with Gasteiger partial charge in [-0.05, 0) is 62.6 Å². The van der Waals surface area contributed by atoms with Crippen LogP contribution in [0.1, 0.15) is 76.2 Å². The first kappa shape index (κ1) is 23.0. The second-order valence-corrected chi connectivity index (χ2v) is 7.12. The molecule has 3 heteroatoms. The third-order valence-electron chi connectivity index (χ3n) is 4.65. The van der Waals surface area contributed by atoms with Gasteiger partial charge in [0.05, 0.1) is 0 Å². The second kappa shape index (κ2) is 16.2. The first-order valence-corrected chi connectivity index (χ1v) is 10.5. The summed E-state index contributed by atoms with van der Waals surface area (Å²) < 4.78 is 0. The van der Waals surface area contributed by atoms with Gasteiger partial charge in [0.1, 0.15) is 0 Å². The van der Waals surface area contributed by atoms with Crippen LogP contribution in [0.2, 0.25) is 0 Å². The van der Waals surface area contributed by atoms with E-state index in [0.717, 1.165) is 37.1 Å². The molecule has 1 rings (SSSR count). The van der Waals surface area contributed by atoms with Gasteiger partial charge in [-0.2, -0.15) is 0 Å². The van der Waals surface area contributed by atoms with E-state index >= 15 is 0 Å². The van der Waals surface area contributed by atoms with Crippen LogP contribution >= 0.6 is 0 Å². The van der Waals surface area contributed by atoms with Crippen molar-refractivity contribution in [3.8, 4) is 0 Å². The first-order valence-electron chi connectivity index (χ1n) is 10.5. The van der Waals surface area contributed by atoms with Crippen LogP contribution in [0.15, 0.2) is 49.1 Å². The van der Waals surface area contributed by atoms with Crippen molar-refractivity contribution >= 4 is 11.7 Å². The highest BCUT2D eigenvalue weighted by atomic mass is 16.4. The maximum Gasteiger partial charge on any atom is 0.303 e. The summed E-state index contributed by atoms with van der Waals surface area (Å²) in [7, 11) is 0. The summed E-state index contributed by atoms with van der Waals surface area (Å²) in [6.45, 7) is 4.72. The largest absolute Gasteiger partial charge is 0.481 e. The van der Waals surface area contributed by atoms with Crippen LogP contribution in [0.3, 0.4) is 0 Å². The highest BCUT2D eigenvalue weighted by Gasteiger charge is 1.99. The predicted molar refractivity (Wildman–Crippen MR) is 116 cm³/mol. The minimum absolute atomic E-state index is 0.189. The van der Waals surface area contributed by atoms with E-state index in [1.165, 1.54) is 44.9 Å². The molecule has 0 aromatic heterocycles. The Morgan fingerprint density at radius 1 is 0.889 bits per heavy atom. The highest BCUT2D eigenvalue weighted by molar-refractivity contribution is 5.67. The summed E-state index contributed by atoms with van der Waals surface area (Å²) in [6, 6.07) is 8.07. The van der Waals surface area contributed by atoms with Crippen LogP contribution in [0.5, 0.6) is 0 Å². The number of carboxylic acid groups (broad SMARTS) is 1. The van der Waals surface area contributed by atoms with Gasteiger partial charge in [0.15, 0.2) is 0 Å². The van der Waals surface area contributed by atoms with Crippen molar-refractivity contribution in [2.45, 2.75) is 77.0 Å². The molecular formula is C24H37NO2. The summed E-state index contributed by atoms with van der Waals surface area (Å²) in [6.07, 6.45) is 20.1. The molecule has 150 valence electrons. The van der Waals surface area contributed by atoms with Gasteiger partial charge in [-0.3, -0.25) is 4.79 Å². The van der Waals surface area contributed by atoms with E-state index in [-0.39, 0.29) is 6.42 Å². The molecular weight excluding hydrogens is 334 g/mol. The molecule has 0 radical (unpaired) electrons. The monoisotopic (exact) mass is 371 g/mol. The molecule has 0 heterocycles. The van der Waals surface area contributed by atoms with Crippen LogP contribution in [-0.4, -0.2) is 17.6 Å². The topological polar surface area (TPSA) is 49.3 Å². The number of unbranched alkanes of at least 4 members (excludes halogenated alkanes) is 8. The van der Waals surface area contributed by atoms with E-state index in [1.54, 1.807) is 0 Å². The van der Waals surface area contributed by atoms with Gasteiger partial charge in [-0.15, -0.1) is 6.58 Å². The molecule has 1 aromatic rings. The number of rotatable bonds is 17. The number of carboxylic acids is 1. The second-order valence-electron chi connectivity index (χ2n) is 7.12. The fourth-order valence-corrected chi connectivity index (χ4v) is 2.99. The van der Waals surface area contributed by atoms with Crippen molar-refractivity contribution in [2.24, 2.45) is 0 Å². The lowest BCUT2D eigenvalue weighted by molar-refractivity contribution is -0.136. The predicted octanol–water partition coefficient (Wildman–Crippen LogP) is 6.76. The maximum absolute atomic E-state index is 10.6. The molecule has 2 N–H and O–H groups in total. The third-order valence-corrected chi connectivity index (χ3v) is 4.65. The first-order chi connectivity index (χ1) is 13.2. The van der Waals surface area contributed by atoms with Crippen molar-refractivity contribution in [2.75, 3.05) is 11.9 Å². The molecule has 0 unspecified atom stereocenters. The zero-order valence-electron chi connectivity index (χ0n) is 16.8. The Balaban J connectivity index is 1.95. The van der Waals surface area contributed by atoms with Crippen molar-refractivity contribution < 1.29 is 9.90 Å². The fraction of sp³-hybridized carbons (Fsp3) is 0.542. The van der Waals surface area contributed by atoms with Gasteiger partial charge in [-0.25, -0.2) is 0 Å². The molecule has 0 fully saturated rings. The Hall–Kier alpha value is -2.03. The zero-order valence-corrected chi connectivity index (χ0v) is 16.8. The molecule has 1 aromatic carbocycles. The average molecular weight is 372 g/mol. The molecule has 0 bridgehead atoms. The Labute approximate surface area is 165 Å². The number of aryl methyl sites for hydroxylation is 1. The summed E-state index contributed by atoms with van der Waals surface area (Å²) in [5, 5.41) is 12.1. The van der Waals surface area contributed by atoms with E-state index in [9.17, 15) is 4.79 Å². The number of benzene rings is 1. The van der Waals surface area contributed by atoms with Gasteiger partial charge in [-0.1, -0.05) is 56.0 Å². The van der Waals surface area contributed by atoms with Crippen LogP contribution in [-0.2, 0) is 11.2 Å². The van der Waals surface area contributed by atoms with Gasteiger partial charge in [0.25, 0.3) is 0 Å². The summed E-state index contributed by atoms with van der Waals surface area (Å²) in [4.78, 5) is 10.6. The summed E-state index contributed by atoms with van der Waals surface area (Å²) in [5.74, 6) is -0.746. The number of nitrogens with one attached hydrogen (secondary N) is 1. The molecule has 0 saturated heterocycles. The zero-order chi connectivity index (χ0) is 19.6. The molecule has 27 heavy (non-hydrogen) atoms. The minimum atomic E-state index is -0.746. The normalized spacial score (nSPS) is 11.0. The fourth-order valence-electron chi connectivity index (χ4n) is 2.99. The molecule has 0 saturated carbocycles. The van der Waals surface area contributed by atoms with E-state index in [2.05, 4.69) is 24.0 Å². The molecule has 0 aliphatic carbocycles. The van der Waals surface area contributed by atoms with Gasteiger partial charge in [0, 0.05) is 18.7 Å². The Kier molecular flexibility index (Phi) is 13.8. The molecule has 0 amide bonds. The summed E-state index contributed by atoms with van der Waals surface area (Å²) >= 11 is 0. The standard InChI is InChI=1S/C24H37NO2/c1-2-3-4-5-6-7-8-9-10-11-12-13-14-21-25-23-18-15-22(16-19-23)17-20-24(26)27/h2,11-12,15-16,18-19,25H,1,3-10,13-14,17,20-21H2,(H,26,27). The average Bonchev–Trinajstić information content (AvgIpc) is 2.67. The lowest BCUT2D eigenvalue weighted by Gasteiger charge is -2.06. The van der Waals surface area contributed by atoms with Crippen molar-refractivity contribution in [3.63, 3.8) is 0 Å². The van der Waals surface area contributed by atoms with E-state index in [0.29, 0.717) is 6.42 Å². The van der Waals surface area contributed by atoms with E-state index < -0.39 is 5.97 Å². The number of allylic oxidation sites excluding steroid dienone is 3. The summed E-state index contributed by atoms with van der Waals surface area (Å²) in [5.41, 5.74) is 2.17. The van der Waals surface area contributed by atoms with E-state index in [1.807, 2.05) is 30.3 Å². The highest BCUT2D eigenvalue weighted by Crippen LogP contribution is 2.12. The van der Waals surface area contributed by atoms with E-state index in [4.69, 9.17) is 5.11 Å². The lowest BCUT2D eigenvalue weighted by Crippen LogP contribution is -2.01. The van der Waals surface area contributed by atoms with Crippen molar-refractivity contribution in [3.05, 3.63) is 54.6 Å². The molecule has 0 aliphatic rings. The van der Waals surface area contributed by atoms with Crippen LogP contribution < -0.4 is 5.32 Å². The quantitative estimate of drug-likeness (QED) is 0.235. The number of hydrogen-bond acceptors (Lipinski definition) is 2. The maximum atomic E-state index is 10.6. The van der Waals surface area contributed by atoms with Crippen LogP contribution in [0.4, 0.5) is 5.69 Å². The number of anilines is 1. The molecule has 0 aliphatic heterocycles. The van der Waals surface area contributed by atoms with Crippen LogP contribution in [0, 0.1) is 0 Å². The smallest absolute Gasteiger partial charge is 0.303 e. The lowest BCUT2D eigenvalue weighted by atomic mass is 10.1. The van der Waals surface area contributed by atoms with Gasteiger partial charge < -0.3 is 10.4 Å². The molecule has 0 atom stereocenters.